The Labute approximate surface area is 97.6 Å². The molecule has 0 fully saturated rings. The minimum atomic E-state index is -0.838. The number of ketones is 2. The van der Waals surface area contributed by atoms with Crippen molar-refractivity contribution in [3.05, 3.63) is 22.8 Å². The van der Waals surface area contributed by atoms with E-state index in [9.17, 15) is 19.8 Å². The predicted octanol–water partition coefficient (Wildman–Crippen LogP) is 0.729. The van der Waals surface area contributed by atoms with Crippen LogP contribution < -0.4 is 0 Å². The topological polar surface area (TPSA) is 83.8 Å². The highest BCUT2D eigenvalue weighted by atomic mass is 16.5. The van der Waals surface area contributed by atoms with Gasteiger partial charge in [0, 0.05) is 19.6 Å². The molecule has 1 aliphatic carbocycles. The summed E-state index contributed by atoms with van der Waals surface area (Å²) in [6.45, 7) is 1.63. The molecule has 0 heterocycles. The Balaban J connectivity index is 2.68. The minimum absolute atomic E-state index is 0.0152. The van der Waals surface area contributed by atoms with Gasteiger partial charge < -0.3 is 14.9 Å². The van der Waals surface area contributed by atoms with Crippen LogP contribution in [0.2, 0.25) is 0 Å². The minimum Gasteiger partial charge on any atom is -0.508 e. The highest BCUT2D eigenvalue weighted by molar-refractivity contribution is 6.47. The number of hydrogen-bond acceptors (Lipinski definition) is 5. The molecule has 1 aromatic rings. The van der Waals surface area contributed by atoms with E-state index in [1.165, 1.54) is 7.11 Å². The first-order chi connectivity index (χ1) is 7.97. The summed E-state index contributed by atoms with van der Waals surface area (Å²) < 4.78 is 4.93. The molecule has 5 nitrogen and oxygen atoms in total. The third kappa shape index (κ3) is 1.59. The Bertz CT molecular complexity index is 518. The van der Waals surface area contributed by atoms with Crippen LogP contribution in [0.15, 0.2) is 6.07 Å². The number of rotatable bonds is 1. The molecule has 1 atom stereocenters. The number of ether oxygens (including phenoxy) is 1. The average molecular weight is 236 g/mol. The monoisotopic (exact) mass is 236 g/mol. The van der Waals surface area contributed by atoms with Gasteiger partial charge in [0.2, 0.25) is 11.6 Å². The summed E-state index contributed by atoms with van der Waals surface area (Å²) in [5, 5.41) is 19.2. The van der Waals surface area contributed by atoms with Gasteiger partial charge in [-0.15, -0.1) is 0 Å². The van der Waals surface area contributed by atoms with Gasteiger partial charge in [-0.25, -0.2) is 0 Å². The number of phenols is 2. The number of Topliss-reactive ketones (excluding diaryl/α,β-unsaturated/α-hetero) is 2. The van der Waals surface area contributed by atoms with Crippen molar-refractivity contribution in [2.45, 2.75) is 19.4 Å². The molecule has 0 aromatic heterocycles. The van der Waals surface area contributed by atoms with Crippen LogP contribution in [0.5, 0.6) is 11.5 Å². The maximum Gasteiger partial charge on any atom is 0.235 e. The third-order valence-corrected chi connectivity index (χ3v) is 3.09. The standard InChI is InChI=1S/C12H12O5/c1-5-6-3-9(17-2)11(15)12(16)10(6)8(14)4-7(5)13/h4,9,13-14H,3H2,1-2H3/t9-/m0/s1. The van der Waals surface area contributed by atoms with E-state index in [-0.39, 0.29) is 23.5 Å². The molecule has 0 saturated carbocycles. The van der Waals surface area contributed by atoms with Gasteiger partial charge in [0.15, 0.2) is 0 Å². The van der Waals surface area contributed by atoms with Gasteiger partial charge in [0.25, 0.3) is 0 Å². The summed E-state index contributed by atoms with van der Waals surface area (Å²) in [4.78, 5) is 23.4. The number of carbonyl (C=O) groups is 2. The highest BCUT2D eigenvalue weighted by Gasteiger charge is 2.37. The lowest BCUT2D eigenvalue weighted by atomic mass is 9.84. The second-order valence-electron chi connectivity index (χ2n) is 4.02. The summed E-state index contributed by atoms with van der Waals surface area (Å²) in [7, 11) is 1.35. The number of benzene rings is 1. The molecular formula is C12H12O5. The van der Waals surface area contributed by atoms with Gasteiger partial charge in [0.05, 0.1) is 5.56 Å². The van der Waals surface area contributed by atoms with Crippen LogP contribution in [0.3, 0.4) is 0 Å². The summed E-state index contributed by atoms with van der Waals surface area (Å²) >= 11 is 0. The van der Waals surface area contributed by atoms with Gasteiger partial charge in [-0.3, -0.25) is 9.59 Å². The van der Waals surface area contributed by atoms with Crippen molar-refractivity contribution >= 4 is 11.6 Å². The molecule has 2 N–H and O–H groups in total. The number of hydrogen-bond donors (Lipinski definition) is 2. The van der Waals surface area contributed by atoms with E-state index in [1.807, 2.05) is 0 Å². The molecule has 0 bridgehead atoms. The Hall–Kier alpha value is -1.88. The van der Waals surface area contributed by atoms with Crippen LogP contribution in [0.4, 0.5) is 0 Å². The van der Waals surface area contributed by atoms with Crippen LogP contribution in [-0.2, 0) is 16.0 Å². The van der Waals surface area contributed by atoms with Gasteiger partial charge >= 0.3 is 0 Å². The summed E-state index contributed by atoms with van der Waals surface area (Å²) in [5.74, 6) is -1.90. The number of carbonyl (C=O) groups excluding carboxylic acids is 2. The molecule has 0 radical (unpaired) electrons. The maximum absolute atomic E-state index is 11.8. The molecule has 0 spiro atoms. The molecule has 17 heavy (non-hydrogen) atoms. The van der Waals surface area contributed by atoms with Crippen molar-refractivity contribution in [2.24, 2.45) is 0 Å². The van der Waals surface area contributed by atoms with E-state index >= 15 is 0 Å². The number of aromatic hydroxyl groups is 2. The molecule has 5 heteroatoms. The van der Waals surface area contributed by atoms with Crippen LogP contribution in [-0.4, -0.2) is 35.0 Å². The lowest BCUT2D eigenvalue weighted by Crippen LogP contribution is -2.37. The number of methoxy groups -OCH3 is 1. The number of phenolic OH excluding ortho intramolecular Hbond substituents is 2. The summed E-state index contributed by atoms with van der Waals surface area (Å²) in [6, 6.07) is 1.08. The van der Waals surface area contributed by atoms with Crippen LogP contribution >= 0.6 is 0 Å². The van der Waals surface area contributed by atoms with Crippen LogP contribution in [0, 0.1) is 6.92 Å². The van der Waals surface area contributed by atoms with Crippen LogP contribution in [0.25, 0.3) is 0 Å². The van der Waals surface area contributed by atoms with Gasteiger partial charge in [0.1, 0.15) is 17.6 Å². The van der Waals surface area contributed by atoms with Gasteiger partial charge in [-0.05, 0) is 18.1 Å². The zero-order valence-corrected chi connectivity index (χ0v) is 9.48. The van der Waals surface area contributed by atoms with Crippen molar-refractivity contribution in [2.75, 3.05) is 7.11 Å². The van der Waals surface area contributed by atoms with E-state index in [2.05, 4.69) is 0 Å². The zero-order chi connectivity index (χ0) is 12.7. The van der Waals surface area contributed by atoms with E-state index in [0.717, 1.165) is 6.07 Å². The van der Waals surface area contributed by atoms with E-state index in [0.29, 0.717) is 11.1 Å². The predicted molar refractivity (Wildman–Crippen MR) is 58.3 cm³/mol. The molecule has 1 aromatic carbocycles. The largest absolute Gasteiger partial charge is 0.508 e. The first kappa shape index (κ1) is 11.6. The fourth-order valence-corrected chi connectivity index (χ4v) is 2.05. The van der Waals surface area contributed by atoms with Crippen molar-refractivity contribution in [3.8, 4) is 11.5 Å². The molecule has 90 valence electrons. The molecule has 0 amide bonds. The van der Waals surface area contributed by atoms with E-state index < -0.39 is 17.7 Å². The normalized spacial score (nSPS) is 19.3. The summed E-state index contributed by atoms with van der Waals surface area (Å²) in [6.07, 6.45) is -0.653. The summed E-state index contributed by atoms with van der Waals surface area (Å²) in [5.41, 5.74) is 0.943. The second kappa shape index (κ2) is 3.85. The fraction of sp³-hybridized carbons (Fsp3) is 0.333. The second-order valence-corrected chi connectivity index (χ2v) is 4.02. The molecule has 0 saturated heterocycles. The first-order valence-electron chi connectivity index (χ1n) is 5.13. The Kier molecular flexibility index (Phi) is 2.63. The molecule has 2 rings (SSSR count). The number of fused-ring (bicyclic) bond motifs is 1. The van der Waals surface area contributed by atoms with Gasteiger partial charge in [-0.2, -0.15) is 0 Å². The Morgan fingerprint density at radius 3 is 2.53 bits per heavy atom. The zero-order valence-electron chi connectivity index (χ0n) is 9.48. The van der Waals surface area contributed by atoms with E-state index in [1.54, 1.807) is 6.92 Å². The molecule has 1 aliphatic rings. The lowest BCUT2D eigenvalue weighted by molar-refractivity contribution is -0.124. The van der Waals surface area contributed by atoms with Crippen molar-refractivity contribution in [1.82, 2.24) is 0 Å². The molecular weight excluding hydrogens is 224 g/mol. The SMILES string of the molecule is CO[C@H]1Cc2c(C)c(O)cc(O)c2C(=O)C1=O. The fourth-order valence-electron chi connectivity index (χ4n) is 2.05. The highest BCUT2D eigenvalue weighted by Crippen LogP contribution is 2.36. The van der Waals surface area contributed by atoms with Crippen molar-refractivity contribution in [3.63, 3.8) is 0 Å². The Morgan fingerprint density at radius 2 is 1.94 bits per heavy atom. The first-order valence-corrected chi connectivity index (χ1v) is 5.13. The third-order valence-electron chi connectivity index (χ3n) is 3.09. The van der Waals surface area contributed by atoms with E-state index in [4.69, 9.17) is 4.74 Å². The average Bonchev–Trinajstić information content (AvgIpc) is 2.29. The lowest BCUT2D eigenvalue weighted by Gasteiger charge is -2.23. The van der Waals surface area contributed by atoms with Crippen molar-refractivity contribution < 1.29 is 24.5 Å². The van der Waals surface area contributed by atoms with Crippen molar-refractivity contribution in [1.29, 1.82) is 0 Å². The maximum atomic E-state index is 11.8. The van der Waals surface area contributed by atoms with Gasteiger partial charge in [-0.1, -0.05) is 0 Å². The molecule has 0 aliphatic heterocycles. The quantitative estimate of drug-likeness (QED) is 0.702. The molecule has 0 unspecified atom stereocenters. The van der Waals surface area contributed by atoms with Crippen LogP contribution in [0.1, 0.15) is 21.5 Å². The Morgan fingerprint density at radius 1 is 1.29 bits per heavy atom. The smallest absolute Gasteiger partial charge is 0.235 e.